The first-order valence-electron chi connectivity index (χ1n) is 15.4. The number of guanidine groups is 1. The molecule has 0 fully saturated rings. The van der Waals surface area contributed by atoms with Crippen molar-refractivity contribution in [2.24, 2.45) is 34.0 Å². The Labute approximate surface area is 275 Å². The summed E-state index contributed by atoms with van der Waals surface area (Å²) in [6.45, 7) is 7.31. The maximum Gasteiger partial charge on any atom is 0.326 e. The van der Waals surface area contributed by atoms with Crippen LogP contribution in [0.1, 0.15) is 58.9 Å². The highest BCUT2D eigenvalue weighted by Crippen LogP contribution is 2.11. The van der Waals surface area contributed by atoms with Gasteiger partial charge in [0.2, 0.25) is 23.6 Å². The number of rotatable bonds is 21. The lowest BCUT2D eigenvalue weighted by molar-refractivity contribution is -0.143. The monoisotopic (exact) mass is 664 g/mol. The van der Waals surface area contributed by atoms with Gasteiger partial charge < -0.3 is 43.6 Å². The maximum absolute atomic E-state index is 13.7. The molecule has 14 nitrogen and oxygen atoms in total. The first kappa shape index (κ1) is 40.2. The number of aliphatic carboxylic acids is 1. The van der Waals surface area contributed by atoms with Gasteiger partial charge in [-0.2, -0.15) is 11.8 Å². The first-order chi connectivity index (χ1) is 21.7. The molecule has 4 amide bonds. The molecule has 1 rings (SSSR count). The molecule has 5 atom stereocenters. The van der Waals surface area contributed by atoms with Gasteiger partial charge in [0, 0.05) is 13.0 Å². The minimum Gasteiger partial charge on any atom is -0.480 e. The minimum absolute atomic E-state index is 0.0374. The van der Waals surface area contributed by atoms with Crippen LogP contribution in [0.4, 0.5) is 0 Å². The second-order valence-electron chi connectivity index (χ2n) is 11.9. The Balaban J connectivity index is 3.25. The number of hydrogen-bond acceptors (Lipinski definition) is 8. The number of aliphatic imine (C=N–C) groups is 1. The number of carbonyl (C=O) groups excluding carboxylic acids is 4. The summed E-state index contributed by atoms with van der Waals surface area (Å²) in [4.78, 5) is 69.2. The highest BCUT2D eigenvalue weighted by atomic mass is 32.2. The molecule has 1 aromatic rings. The Kier molecular flexibility index (Phi) is 18.4. The molecule has 46 heavy (non-hydrogen) atoms. The van der Waals surface area contributed by atoms with Gasteiger partial charge in [0.1, 0.15) is 24.2 Å². The average molecular weight is 665 g/mol. The fourth-order valence-corrected chi connectivity index (χ4v) is 4.99. The second kappa shape index (κ2) is 21.0. The van der Waals surface area contributed by atoms with E-state index in [1.54, 1.807) is 49.9 Å². The molecule has 0 heterocycles. The summed E-state index contributed by atoms with van der Waals surface area (Å²) >= 11 is 1.54. The number of benzene rings is 1. The number of carboxylic acid groups (broad SMARTS) is 1. The van der Waals surface area contributed by atoms with Gasteiger partial charge in [0.05, 0.1) is 6.04 Å². The summed E-state index contributed by atoms with van der Waals surface area (Å²) in [5, 5.41) is 20.3. The summed E-state index contributed by atoms with van der Waals surface area (Å²) in [6.07, 6.45) is 3.15. The fourth-order valence-electron chi connectivity index (χ4n) is 4.50. The third-order valence-electron chi connectivity index (χ3n) is 7.03. The Hall–Kier alpha value is -3.85. The summed E-state index contributed by atoms with van der Waals surface area (Å²) in [6, 6.07) is 3.74. The molecule has 1 aromatic carbocycles. The summed E-state index contributed by atoms with van der Waals surface area (Å²) in [7, 11) is 0. The molecular formula is C31H52N8O6S. The number of nitrogens with two attached hydrogens (primary N) is 3. The zero-order valence-corrected chi connectivity index (χ0v) is 28.3. The topological polar surface area (TPSA) is 244 Å². The van der Waals surface area contributed by atoms with E-state index in [0.717, 1.165) is 5.56 Å². The molecule has 258 valence electrons. The third-order valence-corrected chi connectivity index (χ3v) is 7.68. The van der Waals surface area contributed by atoms with Crippen molar-refractivity contribution in [2.75, 3.05) is 18.6 Å². The van der Waals surface area contributed by atoms with Gasteiger partial charge in [-0.3, -0.25) is 24.2 Å². The number of carboxylic acids is 1. The molecule has 0 unspecified atom stereocenters. The first-order valence-corrected chi connectivity index (χ1v) is 16.8. The van der Waals surface area contributed by atoms with E-state index in [0.29, 0.717) is 18.6 Å². The van der Waals surface area contributed by atoms with Gasteiger partial charge in [0.15, 0.2) is 5.96 Å². The molecule has 11 N–H and O–H groups in total. The van der Waals surface area contributed by atoms with Crippen LogP contribution >= 0.6 is 11.8 Å². The van der Waals surface area contributed by atoms with Crippen molar-refractivity contribution in [2.45, 2.75) is 90.0 Å². The van der Waals surface area contributed by atoms with Crippen LogP contribution < -0.4 is 38.5 Å². The van der Waals surface area contributed by atoms with Crippen molar-refractivity contribution < 1.29 is 29.1 Å². The van der Waals surface area contributed by atoms with Crippen molar-refractivity contribution in [1.29, 1.82) is 0 Å². The number of amides is 4. The van der Waals surface area contributed by atoms with Crippen LogP contribution in [0.25, 0.3) is 0 Å². The Morgan fingerprint density at radius 3 is 1.93 bits per heavy atom. The van der Waals surface area contributed by atoms with Crippen LogP contribution in [0.15, 0.2) is 35.3 Å². The van der Waals surface area contributed by atoms with Gasteiger partial charge in [-0.1, -0.05) is 58.0 Å². The van der Waals surface area contributed by atoms with Crippen molar-refractivity contribution >= 4 is 47.3 Å². The molecule has 15 heteroatoms. The molecule has 0 radical (unpaired) electrons. The van der Waals surface area contributed by atoms with E-state index in [1.165, 1.54) is 0 Å². The molecule has 0 aliphatic rings. The molecular weight excluding hydrogens is 612 g/mol. The molecule has 0 aromatic heterocycles. The second-order valence-corrected chi connectivity index (χ2v) is 12.9. The number of nitrogens with zero attached hydrogens (tertiary/aromatic N) is 1. The van der Waals surface area contributed by atoms with E-state index in [-0.39, 0.29) is 37.7 Å². The van der Waals surface area contributed by atoms with Gasteiger partial charge in [-0.15, -0.1) is 0 Å². The predicted octanol–water partition coefficient (Wildman–Crippen LogP) is 0.0890. The van der Waals surface area contributed by atoms with Crippen LogP contribution in [-0.2, 0) is 30.4 Å². The number of hydrogen-bond donors (Lipinski definition) is 8. The quantitative estimate of drug-likeness (QED) is 0.0500. The lowest BCUT2D eigenvalue weighted by Gasteiger charge is -2.27. The Bertz CT molecular complexity index is 1160. The van der Waals surface area contributed by atoms with E-state index < -0.39 is 65.7 Å². The normalized spacial score (nSPS) is 14.3. The van der Waals surface area contributed by atoms with Gasteiger partial charge >= 0.3 is 5.97 Å². The average Bonchev–Trinajstić information content (AvgIpc) is 2.98. The van der Waals surface area contributed by atoms with Gasteiger partial charge in [-0.05, 0) is 55.1 Å². The highest BCUT2D eigenvalue weighted by Gasteiger charge is 2.33. The van der Waals surface area contributed by atoms with Crippen molar-refractivity contribution in [3.05, 3.63) is 35.9 Å². The number of carbonyl (C=O) groups is 5. The zero-order valence-electron chi connectivity index (χ0n) is 27.5. The third kappa shape index (κ3) is 15.4. The van der Waals surface area contributed by atoms with Crippen LogP contribution in [0.5, 0.6) is 0 Å². The summed E-state index contributed by atoms with van der Waals surface area (Å²) in [5.41, 5.74) is 17.6. The molecule has 0 aliphatic heterocycles. The Morgan fingerprint density at radius 2 is 1.39 bits per heavy atom. The Morgan fingerprint density at radius 1 is 0.826 bits per heavy atom. The molecule has 0 spiro atoms. The van der Waals surface area contributed by atoms with Gasteiger partial charge in [0.25, 0.3) is 0 Å². The predicted molar refractivity (Wildman–Crippen MR) is 181 cm³/mol. The maximum atomic E-state index is 13.7. The number of thioether (sulfide) groups is 1. The summed E-state index contributed by atoms with van der Waals surface area (Å²) < 4.78 is 0. The van der Waals surface area contributed by atoms with E-state index >= 15 is 0 Å². The van der Waals surface area contributed by atoms with Crippen molar-refractivity contribution in [3.8, 4) is 0 Å². The zero-order chi connectivity index (χ0) is 34.8. The summed E-state index contributed by atoms with van der Waals surface area (Å²) in [5.74, 6) is -3.48. The molecule has 0 bridgehead atoms. The lowest BCUT2D eigenvalue weighted by Crippen LogP contribution is -2.59. The highest BCUT2D eigenvalue weighted by molar-refractivity contribution is 7.98. The van der Waals surface area contributed by atoms with Crippen LogP contribution in [0.2, 0.25) is 0 Å². The van der Waals surface area contributed by atoms with E-state index in [2.05, 4.69) is 26.3 Å². The minimum atomic E-state index is -1.20. The molecule has 0 saturated carbocycles. The smallest absolute Gasteiger partial charge is 0.326 e. The van der Waals surface area contributed by atoms with Crippen LogP contribution in [0, 0.1) is 11.8 Å². The largest absolute Gasteiger partial charge is 0.480 e. The number of nitrogens with one attached hydrogen (secondary N) is 4. The SMILES string of the molecule is CSCC[C@H](N)C(=O)N[C@@H](CCCN=C(N)N)C(=O)N[C@@H](CC(C)C)C(=O)N[C@@H](Cc1ccccc1)C(=O)N[C@H](C(=O)O)C(C)C. The van der Waals surface area contributed by atoms with E-state index in [1.807, 2.05) is 26.2 Å². The van der Waals surface area contributed by atoms with E-state index in [4.69, 9.17) is 17.2 Å². The van der Waals surface area contributed by atoms with Crippen molar-refractivity contribution in [3.63, 3.8) is 0 Å². The molecule has 0 saturated heterocycles. The van der Waals surface area contributed by atoms with Crippen LogP contribution in [0.3, 0.4) is 0 Å². The fraction of sp³-hybridized carbons (Fsp3) is 0.613. The lowest BCUT2D eigenvalue weighted by atomic mass is 9.99. The van der Waals surface area contributed by atoms with Crippen molar-refractivity contribution in [1.82, 2.24) is 21.3 Å². The van der Waals surface area contributed by atoms with E-state index in [9.17, 15) is 29.1 Å². The van der Waals surface area contributed by atoms with Gasteiger partial charge in [-0.25, -0.2) is 4.79 Å². The van der Waals surface area contributed by atoms with Crippen LogP contribution in [-0.4, -0.2) is 89.4 Å². The standard InChI is InChI=1S/C31H52N8O6S/c1-18(2)16-23(37-27(41)22(12-9-14-35-31(33)34)36-26(40)21(32)13-15-46-5)28(42)38-24(17-20-10-7-6-8-11-20)29(43)39-25(19(3)4)30(44)45/h6-8,10-11,18-19,21-25H,9,12-17,32H2,1-5H3,(H,36,40)(H,37,41)(H,38,42)(H,39,43)(H,44,45)(H4,33,34,35)/t21-,22-,23-,24-,25-/m0/s1. The molecule has 0 aliphatic carbocycles.